The van der Waals surface area contributed by atoms with E-state index in [2.05, 4.69) is 10.5 Å². The van der Waals surface area contributed by atoms with E-state index in [4.69, 9.17) is 27.9 Å². The fourth-order valence-electron chi connectivity index (χ4n) is 1.70. The molecule has 0 radical (unpaired) electrons. The first-order valence-corrected chi connectivity index (χ1v) is 6.93. The van der Waals surface area contributed by atoms with Crippen molar-refractivity contribution in [1.82, 2.24) is 5.43 Å². The summed E-state index contributed by atoms with van der Waals surface area (Å²) in [7, 11) is 1.44. The molecule has 2 aromatic carbocycles. The summed E-state index contributed by atoms with van der Waals surface area (Å²) < 4.78 is 4.98. The van der Waals surface area contributed by atoms with Crippen LogP contribution in [0.5, 0.6) is 11.5 Å². The van der Waals surface area contributed by atoms with Gasteiger partial charge in [0.1, 0.15) is 0 Å². The number of hydrogen-bond acceptors (Lipinski definition) is 4. The van der Waals surface area contributed by atoms with Gasteiger partial charge in [0.05, 0.1) is 23.9 Å². The van der Waals surface area contributed by atoms with Gasteiger partial charge >= 0.3 is 0 Å². The second-order valence-electron chi connectivity index (χ2n) is 4.22. The number of halogens is 2. The van der Waals surface area contributed by atoms with Crippen LogP contribution in [0.3, 0.4) is 0 Å². The highest BCUT2D eigenvalue weighted by Crippen LogP contribution is 2.28. The third kappa shape index (κ3) is 3.69. The maximum Gasteiger partial charge on any atom is 0.272 e. The molecular formula is C15H12Cl2N2O3. The Labute approximate surface area is 137 Å². The Morgan fingerprint density at radius 2 is 2.09 bits per heavy atom. The summed E-state index contributed by atoms with van der Waals surface area (Å²) in [5.41, 5.74) is 2.98. The number of carbonyl (C=O) groups is 1. The first kappa shape index (κ1) is 16.1. The molecule has 5 nitrogen and oxygen atoms in total. The van der Waals surface area contributed by atoms with E-state index in [-0.39, 0.29) is 16.3 Å². The summed E-state index contributed by atoms with van der Waals surface area (Å²) in [4.78, 5) is 11.9. The second-order valence-corrected chi connectivity index (χ2v) is 5.07. The minimum atomic E-state index is -0.486. The van der Waals surface area contributed by atoms with Gasteiger partial charge in [-0.3, -0.25) is 4.79 Å². The molecule has 114 valence electrons. The molecule has 0 aliphatic heterocycles. The molecule has 0 saturated carbocycles. The molecule has 2 rings (SSSR count). The Hall–Kier alpha value is -2.24. The highest BCUT2D eigenvalue weighted by molar-refractivity contribution is 6.36. The highest BCUT2D eigenvalue weighted by Gasteiger charge is 2.10. The molecule has 0 aliphatic rings. The Morgan fingerprint density at radius 3 is 2.77 bits per heavy atom. The van der Waals surface area contributed by atoms with Crippen LogP contribution in [0.15, 0.2) is 41.5 Å². The molecule has 0 saturated heterocycles. The van der Waals surface area contributed by atoms with Crippen LogP contribution in [-0.4, -0.2) is 24.3 Å². The quantitative estimate of drug-likeness (QED) is 0.662. The Bertz CT molecular complexity index is 733. The topological polar surface area (TPSA) is 70.9 Å². The van der Waals surface area contributed by atoms with E-state index in [0.717, 1.165) is 0 Å². The van der Waals surface area contributed by atoms with Gasteiger partial charge in [-0.2, -0.15) is 5.10 Å². The highest BCUT2D eigenvalue weighted by atomic mass is 35.5. The summed E-state index contributed by atoms with van der Waals surface area (Å²) in [6.45, 7) is 0. The van der Waals surface area contributed by atoms with Gasteiger partial charge < -0.3 is 9.84 Å². The van der Waals surface area contributed by atoms with Crippen molar-refractivity contribution in [2.75, 3.05) is 7.11 Å². The molecule has 7 heteroatoms. The molecule has 0 bridgehead atoms. The maximum absolute atomic E-state index is 11.9. The van der Waals surface area contributed by atoms with E-state index >= 15 is 0 Å². The van der Waals surface area contributed by atoms with Gasteiger partial charge in [-0.15, -0.1) is 0 Å². The Balaban J connectivity index is 2.11. The minimum absolute atomic E-state index is 0.0625. The fourth-order valence-corrected chi connectivity index (χ4v) is 2.20. The lowest BCUT2D eigenvalue weighted by molar-refractivity contribution is 0.0955. The molecule has 0 unspecified atom stereocenters. The van der Waals surface area contributed by atoms with Gasteiger partial charge in [-0.05, 0) is 30.3 Å². The van der Waals surface area contributed by atoms with Crippen LogP contribution in [0, 0.1) is 0 Å². The second kappa shape index (κ2) is 7.15. The van der Waals surface area contributed by atoms with Gasteiger partial charge in [0, 0.05) is 10.6 Å². The van der Waals surface area contributed by atoms with E-state index in [1.807, 2.05) is 0 Å². The van der Waals surface area contributed by atoms with Crippen molar-refractivity contribution in [3.8, 4) is 11.5 Å². The molecule has 22 heavy (non-hydrogen) atoms. The van der Waals surface area contributed by atoms with Crippen LogP contribution in [0.1, 0.15) is 15.9 Å². The molecular weight excluding hydrogens is 327 g/mol. The minimum Gasteiger partial charge on any atom is -0.504 e. The number of aromatic hydroxyl groups is 1. The zero-order valence-electron chi connectivity index (χ0n) is 11.5. The Morgan fingerprint density at radius 1 is 1.32 bits per heavy atom. The van der Waals surface area contributed by atoms with Crippen molar-refractivity contribution in [3.05, 3.63) is 57.6 Å². The predicted molar refractivity (Wildman–Crippen MR) is 86.2 cm³/mol. The predicted octanol–water partition coefficient (Wildman–Crippen LogP) is 3.47. The molecule has 0 spiro atoms. The number of carbonyl (C=O) groups excluding carboxylic acids is 1. The summed E-state index contributed by atoms with van der Waals surface area (Å²) in [6.07, 6.45) is 1.31. The zero-order valence-corrected chi connectivity index (χ0v) is 13.0. The number of benzene rings is 2. The van der Waals surface area contributed by atoms with Crippen LogP contribution in [0.4, 0.5) is 0 Å². The third-order valence-corrected chi connectivity index (χ3v) is 3.34. The van der Waals surface area contributed by atoms with Crippen LogP contribution >= 0.6 is 23.2 Å². The third-order valence-electron chi connectivity index (χ3n) is 2.80. The van der Waals surface area contributed by atoms with E-state index in [0.29, 0.717) is 16.3 Å². The maximum atomic E-state index is 11.9. The Kier molecular flexibility index (Phi) is 5.25. The number of nitrogens with one attached hydrogen (secondary N) is 1. The monoisotopic (exact) mass is 338 g/mol. The smallest absolute Gasteiger partial charge is 0.272 e. The molecule has 1 amide bonds. The van der Waals surface area contributed by atoms with E-state index < -0.39 is 5.91 Å². The number of phenolic OH excluding ortho intramolecular Hbond substituents is 1. The van der Waals surface area contributed by atoms with Crippen molar-refractivity contribution in [2.45, 2.75) is 0 Å². The molecule has 2 N–H and O–H groups in total. The summed E-state index contributed by atoms with van der Waals surface area (Å²) in [5.74, 6) is -0.233. The van der Waals surface area contributed by atoms with Gasteiger partial charge in [0.25, 0.3) is 5.91 Å². The number of hydrogen-bond donors (Lipinski definition) is 2. The summed E-state index contributed by atoms with van der Waals surface area (Å²) in [6, 6.07) is 9.45. The number of para-hydroxylation sites is 1. The standard InChI is InChI=1S/C15H12Cl2N2O3/c1-22-13-4-2-3-9(14(13)20)8-18-19-15(21)11-6-5-10(16)7-12(11)17/h2-8,20H,1H3,(H,19,21)/b18-8-. The summed E-state index contributed by atoms with van der Waals surface area (Å²) >= 11 is 11.7. The lowest BCUT2D eigenvalue weighted by Gasteiger charge is -2.05. The number of phenols is 1. The molecule has 0 aromatic heterocycles. The zero-order chi connectivity index (χ0) is 16.1. The largest absolute Gasteiger partial charge is 0.504 e. The van der Waals surface area contributed by atoms with Crippen molar-refractivity contribution < 1.29 is 14.6 Å². The van der Waals surface area contributed by atoms with Crippen molar-refractivity contribution in [3.63, 3.8) is 0 Å². The van der Waals surface area contributed by atoms with E-state index in [1.165, 1.54) is 25.5 Å². The van der Waals surface area contributed by atoms with Gasteiger partial charge in [-0.1, -0.05) is 29.3 Å². The number of amides is 1. The van der Waals surface area contributed by atoms with E-state index in [1.54, 1.807) is 24.3 Å². The van der Waals surface area contributed by atoms with E-state index in [9.17, 15) is 9.90 Å². The number of ether oxygens (including phenoxy) is 1. The first-order valence-electron chi connectivity index (χ1n) is 6.17. The molecule has 0 atom stereocenters. The fraction of sp³-hybridized carbons (Fsp3) is 0.0667. The van der Waals surface area contributed by atoms with Gasteiger partial charge in [0.15, 0.2) is 11.5 Å². The summed E-state index contributed by atoms with van der Waals surface area (Å²) in [5, 5.41) is 14.3. The average molecular weight is 339 g/mol. The SMILES string of the molecule is COc1cccc(/C=N\NC(=O)c2ccc(Cl)cc2Cl)c1O. The first-order chi connectivity index (χ1) is 10.5. The normalized spacial score (nSPS) is 10.7. The average Bonchev–Trinajstić information content (AvgIpc) is 2.48. The van der Waals surface area contributed by atoms with Gasteiger partial charge in [-0.25, -0.2) is 5.43 Å². The van der Waals surface area contributed by atoms with Gasteiger partial charge in [0.2, 0.25) is 0 Å². The van der Waals surface area contributed by atoms with Crippen LogP contribution in [0.2, 0.25) is 10.0 Å². The molecule has 0 fully saturated rings. The number of hydrazone groups is 1. The number of methoxy groups -OCH3 is 1. The van der Waals surface area contributed by atoms with Crippen molar-refractivity contribution in [2.24, 2.45) is 5.10 Å². The molecule has 0 aliphatic carbocycles. The van der Waals surface area contributed by atoms with Crippen LogP contribution < -0.4 is 10.2 Å². The number of rotatable bonds is 4. The van der Waals surface area contributed by atoms with Crippen molar-refractivity contribution >= 4 is 35.3 Å². The van der Waals surface area contributed by atoms with Crippen LogP contribution in [0.25, 0.3) is 0 Å². The molecule has 0 heterocycles. The molecule has 2 aromatic rings. The van der Waals surface area contributed by atoms with Crippen LogP contribution in [-0.2, 0) is 0 Å². The van der Waals surface area contributed by atoms with Crippen molar-refractivity contribution in [1.29, 1.82) is 0 Å². The lowest BCUT2D eigenvalue weighted by atomic mass is 10.2. The number of nitrogens with zero attached hydrogens (tertiary/aromatic N) is 1. The lowest BCUT2D eigenvalue weighted by Crippen LogP contribution is -2.18.